The quantitative estimate of drug-likeness (QED) is 0.531. The van der Waals surface area contributed by atoms with Gasteiger partial charge in [-0.2, -0.15) is 0 Å². The minimum atomic E-state index is 0.908. The van der Waals surface area contributed by atoms with Crippen LogP contribution in [-0.4, -0.2) is 58.0 Å². The molecule has 0 radical (unpaired) electrons. The zero-order valence-corrected chi connectivity index (χ0v) is 18.5. The van der Waals surface area contributed by atoms with E-state index in [1.54, 1.807) is 0 Å². The van der Waals surface area contributed by atoms with Crippen molar-refractivity contribution < 1.29 is 0 Å². The van der Waals surface area contributed by atoms with E-state index in [-0.39, 0.29) is 0 Å². The molecule has 0 unspecified atom stereocenters. The molecule has 1 fully saturated rings. The topological polar surface area (TPSA) is 48.1 Å². The molecular formula is C26H29N5. The maximum atomic E-state index is 4.71. The third-order valence-corrected chi connectivity index (χ3v) is 6.29. The van der Waals surface area contributed by atoms with E-state index in [1.807, 2.05) is 12.4 Å². The van der Waals surface area contributed by atoms with Gasteiger partial charge in [-0.25, -0.2) is 4.98 Å². The van der Waals surface area contributed by atoms with Gasteiger partial charge in [0.1, 0.15) is 5.65 Å². The second-order valence-electron chi connectivity index (χ2n) is 8.74. The van der Waals surface area contributed by atoms with Crippen LogP contribution in [0.5, 0.6) is 0 Å². The monoisotopic (exact) mass is 411 g/mol. The molecule has 1 aromatic carbocycles. The number of H-pyrrole nitrogens is 1. The molecule has 3 aromatic heterocycles. The lowest BCUT2D eigenvalue weighted by atomic mass is 10.0. The van der Waals surface area contributed by atoms with Crippen molar-refractivity contribution in [3.05, 3.63) is 71.7 Å². The predicted molar refractivity (Wildman–Crippen MR) is 127 cm³/mol. The summed E-state index contributed by atoms with van der Waals surface area (Å²) in [4.78, 5) is 17.7. The van der Waals surface area contributed by atoms with Gasteiger partial charge < -0.3 is 9.88 Å². The number of pyridine rings is 2. The van der Waals surface area contributed by atoms with Crippen LogP contribution in [0.2, 0.25) is 0 Å². The summed E-state index contributed by atoms with van der Waals surface area (Å²) in [7, 11) is 2.20. The molecule has 0 amide bonds. The summed E-state index contributed by atoms with van der Waals surface area (Å²) < 4.78 is 0. The fraction of sp³-hybridized carbons (Fsp3) is 0.308. The molecule has 0 bridgehead atoms. The number of rotatable bonds is 4. The van der Waals surface area contributed by atoms with Gasteiger partial charge in [0.25, 0.3) is 0 Å². The lowest BCUT2D eigenvalue weighted by molar-refractivity contribution is 0.148. The van der Waals surface area contributed by atoms with Crippen molar-refractivity contribution in [1.29, 1.82) is 0 Å². The minimum absolute atomic E-state index is 0.908. The third-order valence-electron chi connectivity index (χ3n) is 6.29. The smallest absolute Gasteiger partial charge is 0.138 e. The number of nitrogens with one attached hydrogen (secondary N) is 1. The number of hydrogen-bond acceptors (Lipinski definition) is 4. The second kappa shape index (κ2) is 8.25. The lowest BCUT2D eigenvalue weighted by Gasteiger charge is -2.32. The molecule has 0 atom stereocenters. The fourth-order valence-corrected chi connectivity index (χ4v) is 4.37. The standard InChI is InChI=1S/C26H29N5/c1-18-4-9-24(27-15-18)25-19(2)29-26-23(25)14-22(16-28-26)21-7-5-20(6-8-21)17-31-12-10-30(3)11-13-31/h4-9,14-16H,10-13,17H2,1-3H3,(H,28,29). The highest BCUT2D eigenvalue weighted by Gasteiger charge is 2.15. The third kappa shape index (κ3) is 4.11. The Kier molecular flexibility index (Phi) is 5.30. The molecule has 5 heteroatoms. The number of hydrogen-bond donors (Lipinski definition) is 1. The molecule has 5 nitrogen and oxygen atoms in total. The molecule has 1 aliphatic heterocycles. The van der Waals surface area contributed by atoms with Crippen LogP contribution in [0, 0.1) is 13.8 Å². The fourth-order valence-electron chi connectivity index (χ4n) is 4.37. The number of nitrogens with zero attached hydrogens (tertiary/aromatic N) is 4. The highest BCUT2D eigenvalue weighted by Crippen LogP contribution is 2.33. The first-order chi connectivity index (χ1) is 15.1. The van der Waals surface area contributed by atoms with Gasteiger partial charge in [-0.3, -0.25) is 9.88 Å². The van der Waals surface area contributed by atoms with Crippen LogP contribution in [0.4, 0.5) is 0 Å². The van der Waals surface area contributed by atoms with Crippen molar-refractivity contribution >= 4 is 11.0 Å². The Bertz CT molecular complexity index is 1180. The molecule has 4 aromatic rings. The van der Waals surface area contributed by atoms with Gasteiger partial charge >= 0.3 is 0 Å². The van der Waals surface area contributed by atoms with Crippen LogP contribution < -0.4 is 0 Å². The number of fused-ring (bicyclic) bond motifs is 1. The number of aromatic nitrogens is 3. The van der Waals surface area contributed by atoms with Gasteiger partial charge in [-0.1, -0.05) is 30.3 Å². The SMILES string of the molecule is Cc1ccc(-c2c(C)[nH]c3ncc(-c4ccc(CN5CCN(C)CC5)cc4)cc23)nc1. The molecule has 0 spiro atoms. The zero-order valence-electron chi connectivity index (χ0n) is 18.5. The average Bonchev–Trinajstić information content (AvgIpc) is 3.11. The molecule has 158 valence electrons. The van der Waals surface area contributed by atoms with Crippen molar-refractivity contribution in [1.82, 2.24) is 24.8 Å². The largest absolute Gasteiger partial charge is 0.343 e. The van der Waals surface area contributed by atoms with Crippen molar-refractivity contribution in [2.45, 2.75) is 20.4 Å². The van der Waals surface area contributed by atoms with Crippen molar-refractivity contribution in [2.75, 3.05) is 33.2 Å². The van der Waals surface area contributed by atoms with Crippen molar-refractivity contribution in [2.24, 2.45) is 0 Å². The maximum absolute atomic E-state index is 4.71. The van der Waals surface area contributed by atoms with Crippen LogP contribution in [0.3, 0.4) is 0 Å². The molecule has 0 aliphatic carbocycles. The van der Waals surface area contributed by atoms with E-state index in [1.165, 1.54) is 11.1 Å². The average molecular weight is 412 g/mol. The van der Waals surface area contributed by atoms with E-state index in [0.29, 0.717) is 0 Å². The normalized spacial score (nSPS) is 15.6. The molecule has 5 rings (SSSR count). The molecular weight excluding hydrogens is 382 g/mol. The Balaban J connectivity index is 1.42. The van der Waals surface area contributed by atoms with Crippen LogP contribution >= 0.6 is 0 Å². The van der Waals surface area contributed by atoms with Gasteiger partial charge in [0.15, 0.2) is 0 Å². The van der Waals surface area contributed by atoms with Crippen molar-refractivity contribution in [3.63, 3.8) is 0 Å². The molecule has 1 saturated heterocycles. The molecule has 31 heavy (non-hydrogen) atoms. The highest BCUT2D eigenvalue weighted by molar-refractivity contribution is 5.96. The number of aromatic amines is 1. The van der Waals surface area contributed by atoms with Gasteiger partial charge in [0, 0.05) is 67.3 Å². The first-order valence-corrected chi connectivity index (χ1v) is 11.0. The Morgan fingerprint density at radius 2 is 1.65 bits per heavy atom. The Labute approximate surface area is 183 Å². The molecule has 0 saturated carbocycles. The van der Waals surface area contributed by atoms with Gasteiger partial charge in [0.2, 0.25) is 0 Å². The number of likely N-dealkylation sites (N-methyl/N-ethyl adjacent to an activating group) is 1. The Hall–Kier alpha value is -3.02. The van der Waals surface area contributed by atoms with Crippen LogP contribution in [0.15, 0.2) is 54.9 Å². The van der Waals surface area contributed by atoms with Crippen LogP contribution in [-0.2, 0) is 6.54 Å². The van der Waals surface area contributed by atoms with Gasteiger partial charge in [-0.15, -0.1) is 0 Å². The number of aryl methyl sites for hydroxylation is 2. The summed E-state index contributed by atoms with van der Waals surface area (Å²) in [6.07, 6.45) is 3.88. The van der Waals surface area contributed by atoms with Gasteiger partial charge in [-0.05, 0) is 49.7 Å². The number of benzene rings is 1. The Morgan fingerprint density at radius 3 is 2.35 bits per heavy atom. The van der Waals surface area contributed by atoms with Crippen LogP contribution in [0.1, 0.15) is 16.8 Å². The first kappa shape index (κ1) is 19.9. The number of piperazine rings is 1. The first-order valence-electron chi connectivity index (χ1n) is 11.0. The Morgan fingerprint density at radius 1 is 0.871 bits per heavy atom. The molecule has 1 N–H and O–H groups in total. The van der Waals surface area contributed by atoms with E-state index in [2.05, 4.69) is 83.1 Å². The second-order valence-corrected chi connectivity index (χ2v) is 8.74. The molecule has 4 heterocycles. The highest BCUT2D eigenvalue weighted by atomic mass is 15.2. The van der Waals surface area contributed by atoms with E-state index in [0.717, 1.165) is 71.8 Å². The van der Waals surface area contributed by atoms with Crippen LogP contribution in [0.25, 0.3) is 33.4 Å². The minimum Gasteiger partial charge on any atom is -0.343 e. The van der Waals surface area contributed by atoms with Gasteiger partial charge in [0.05, 0.1) is 5.69 Å². The summed E-state index contributed by atoms with van der Waals surface area (Å²) in [6, 6.07) is 15.4. The lowest BCUT2D eigenvalue weighted by Crippen LogP contribution is -2.43. The maximum Gasteiger partial charge on any atom is 0.138 e. The van der Waals surface area contributed by atoms with E-state index in [9.17, 15) is 0 Å². The predicted octanol–water partition coefficient (Wildman–Crippen LogP) is 4.66. The summed E-state index contributed by atoms with van der Waals surface area (Å²) in [6.45, 7) is 9.75. The summed E-state index contributed by atoms with van der Waals surface area (Å²) in [5.74, 6) is 0. The summed E-state index contributed by atoms with van der Waals surface area (Å²) >= 11 is 0. The summed E-state index contributed by atoms with van der Waals surface area (Å²) in [5.41, 5.74) is 8.97. The summed E-state index contributed by atoms with van der Waals surface area (Å²) in [5, 5.41) is 1.12. The molecule has 1 aliphatic rings. The van der Waals surface area contributed by atoms with E-state index >= 15 is 0 Å². The van der Waals surface area contributed by atoms with Crippen molar-refractivity contribution in [3.8, 4) is 22.4 Å². The zero-order chi connectivity index (χ0) is 21.4. The van der Waals surface area contributed by atoms with E-state index < -0.39 is 0 Å². The van der Waals surface area contributed by atoms with E-state index in [4.69, 9.17) is 4.98 Å².